The summed E-state index contributed by atoms with van der Waals surface area (Å²) >= 11 is 0. The first-order valence-electron chi connectivity index (χ1n) is 11.7. The zero-order valence-corrected chi connectivity index (χ0v) is 11.6. The van der Waals surface area contributed by atoms with Crippen LogP contribution in [0.25, 0.3) is 10.9 Å². The number of fused-ring (bicyclic) bond motifs is 1. The van der Waals surface area contributed by atoms with E-state index in [1.54, 1.807) is 14.1 Å². The minimum absolute atomic E-state index is 0.0441. The van der Waals surface area contributed by atoms with E-state index >= 15 is 0 Å². The fraction of sp³-hybridized carbons (Fsp3) is 0.438. The highest BCUT2D eigenvalue weighted by atomic mass is 16.6. The maximum Gasteiger partial charge on any atom is 0.407 e. The van der Waals surface area contributed by atoms with E-state index in [9.17, 15) is 4.79 Å². The van der Waals surface area contributed by atoms with Gasteiger partial charge in [0.15, 0.2) is 2.82 Å². The quantitative estimate of drug-likeness (QED) is 0.887. The first-order valence-corrected chi connectivity index (χ1v) is 6.28. The molecule has 0 aliphatic carbocycles. The van der Waals surface area contributed by atoms with E-state index in [0.717, 1.165) is 0 Å². The molecule has 1 aromatic heterocycles. The molecule has 0 saturated carbocycles. The molecule has 2 heterocycles. The van der Waals surface area contributed by atoms with Crippen molar-refractivity contribution < 1.29 is 24.7 Å². The maximum atomic E-state index is 11.7. The van der Waals surface area contributed by atoms with E-state index in [2.05, 4.69) is 4.74 Å². The van der Waals surface area contributed by atoms with Crippen molar-refractivity contribution >= 4 is 17.0 Å². The molecule has 1 aliphatic heterocycles. The van der Waals surface area contributed by atoms with Crippen LogP contribution in [0.5, 0.6) is 0 Å². The summed E-state index contributed by atoms with van der Waals surface area (Å²) < 4.78 is 94.6. The number of amides is 1. The Morgan fingerprint density at radius 1 is 1.67 bits per heavy atom. The van der Waals surface area contributed by atoms with Gasteiger partial charge in [-0.1, -0.05) is 6.04 Å². The summed E-state index contributed by atoms with van der Waals surface area (Å²) in [6.45, 7) is -3.18. The summed E-state index contributed by atoms with van der Waals surface area (Å²) in [5.41, 5.74) is -1.08. The van der Waals surface area contributed by atoms with Gasteiger partial charge in [0.2, 0.25) is 0 Å². The number of likely N-dealkylation sites (N-methyl/N-ethyl adjacent to an activating group) is 1. The second kappa shape index (κ2) is 5.77. The van der Waals surface area contributed by atoms with Gasteiger partial charge in [0.1, 0.15) is 6.56 Å². The Balaban J connectivity index is 2.34. The van der Waals surface area contributed by atoms with Gasteiger partial charge >= 0.3 is 6.09 Å². The number of hydrogen-bond donors (Lipinski definition) is 2. The average Bonchev–Trinajstić information content (AvgIpc) is 3.00. The molecule has 5 heteroatoms. The molecule has 5 nitrogen and oxygen atoms in total. The molecular formula is C16H21N3O2. The van der Waals surface area contributed by atoms with Crippen molar-refractivity contribution in [3.05, 3.63) is 35.4 Å². The number of ether oxygens (including phenoxy) is 1. The lowest BCUT2D eigenvalue weighted by Gasteiger charge is -2.09. The normalized spacial score (nSPS) is 32.8. The largest absolute Gasteiger partial charge is 0.447 e. The van der Waals surface area contributed by atoms with Crippen LogP contribution in [0.3, 0.4) is 0 Å². The predicted octanol–water partition coefficient (Wildman–Crippen LogP) is 1.92. The average molecular weight is 298 g/mol. The van der Waals surface area contributed by atoms with Gasteiger partial charge < -0.3 is 19.9 Å². The van der Waals surface area contributed by atoms with Crippen LogP contribution in [0.15, 0.2) is 24.3 Å². The Labute approximate surface area is 139 Å². The van der Waals surface area contributed by atoms with Crippen LogP contribution in [0, 0.1) is 0 Å². The molecule has 1 aliphatic rings. The molecule has 3 rings (SSSR count). The van der Waals surface area contributed by atoms with Crippen molar-refractivity contribution in [2.75, 3.05) is 27.2 Å². The molecule has 0 spiro atoms. The standard InChI is InChI=1S/C16H21N3O2/c1-19(2)6-5-12-9-17-15-4-3-11(8-14(12)15)7-13-10-21-16(20)18-13/h3-4,8-9,13,17H,5-7,10H2,1-2H3,(H,18,20)/t13-/m0/s1/i3D,4D,5D2,8D,9D,10D2,13D/hD2. The van der Waals surface area contributed by atoms with Crippen molar-refractivity contribution in [2.45, 2.75) is 18.8 Å². The summed E-state index contributed by atoms with van der Waals surface area (Å²) in [4.78, 5) is 13.7. The number of aromatic nitrogens is 1. The van der Waals surface area contributed by atoms with Gasteiger partial charge in [0, 0.05) is 26.4 Å². The van der Waals surface area contributed by atoms with Crippen LogP contribution in [-0.2, 0) is 17.5 Å². The lowest BCUT2D eigenvalue weighted by molar-refractivity contribution is 0.177. The molecule has 1 atom stereocenters. The number of benzene rings is 1. The number of nitrogens with one attached hydrogen (secondary N) is 2. The molecule has 2 aromatic rings. The van der Waals surface area contributed by atoms with Gasteiger partial charge in [-0.15, -0.1) is 0 Å². The summed E-state index contributed by atoms with van der Waals surface area (Å²) in [5.74, 6) is 0. The molecule has 21 heavy (non-hydrogen) atoms. The van der Waals surface area contributed by atoms with E-state index in [1.807, 2.05) is 0 Å². The number of alkyl carbamates (subject to hydrolysis) is 1. The van der Waals surface area contributed by atoms with Crippen molar-refractivity contribution in [1.82, 2.24) is 15.2 Å². The van der Waals surface area contributed by atoms with Gasteiger partial charge in [-0.3, -0.25) is 0 Å². The number of aromatic amines is 1. The van der Waals surface area contributed by atoms with Gasteiger partial charge in [-0.05, 0) is 50.1 Å². The topological polar surface area (TPSA) is 57.4 Å². The molecule has 2 N–H and O–H groups in total. The molecule has 1 fully saturated rings. The minimum Gasteiger partial charge on any atom is -0.447 e. The van der Waals surface area contributed by atoms with Gasteiger partial charge in [-0.2, -0.15) is 0 Å². The number of cyclic esters (lactones) is 1. The molecule has 0 bridgehead atoms. The summed E-state index contributed by atoms with van der Waals surface area (Å²) in [7, 11) is 3.19. The summed E-state index contributed by atoms with van der Waals surface area (Å²) in [6, 6.07) is -4.53. The summed E-state index contributed by atoms with van der Waals surface area (Å²) in [6.07, 6.45) is -5.14. The predicted molar refractivity (Wildman–Crippen MR) is 82.5 cm³/mol. The molecule has 0 radical (unpaired) electrons. The van der Waals surface area contributed by atoms with E-state index in [-0.39, 0.29) is 28.3 Å². The maximum absolute atomic E-state index is 11.7. The molecule has 1 aromatic carbocycles. The Morgan fingerprint density at radius 3 is 3.24 bits per heavy atom. The van der Waals surface area contributed by atoms with Crippen molar-refractivity contribution in [2.24, 2.45) is 0 Å². The van der Waals surface area contributed by atoms with Crippen LogP contribution in [-0.4, -0.2) is 49.2 Å². The SMILES string of the molecule is [2H]c1c(C[C@]2([2H])N([2H])C(=O)OC2([2H])[2H])c([2H])c2c(C([2H])([2H])CN(C)C)c([2H])n([2H])c2c1[2H]. The van der Waals surface area contributed by atoms with Crippen molar-refractivity contribution in [3.8, 4) is 0 Å². The highest BCUT2D eigenvalue weighted by molar-refractivity contribution is 5.84. The molecule has 0 unspecified atom stereocenters. The third-order valence-corrected chi connectivity index (χ3v) is 2.77. The second-order valence-corrected chi connectivity index (χ2v) is 4.80. The van der Waals surface area contributed by atoms with Crippen molar-refractivity contribution in [3.63, 3.8) is 0 Å². The minimum atomic E-state index is -2.97. The highest BCUT2D eigenvalue weighted by Crippen LogP contribution is 2.21. The lowest BCUT2D eigenvalue weighted by Crippen LogP contribution is -2.28. The Kier molecular flexibility index (Phi) is 1.65. The van der Waals surface area contributed by atoms with Crippen LogP contribution in [0.1, 0.15) is 23.5 Å². The number of carbonyl (C=O) groups excluding carboxylic acids is 1. The zero-order valence-electron chi connectivity index (χ0n) is 22.6. The molecular weight excluding hydrogens is 266 g/mol. The van der Waals surface area contributed by atoms with Crippen LogP contribution >= 0.6 is 0 Å². The summed E-state index contributed by atoms with van der Waals surface area (Å²) in [5, 5.41) is -0.323. The number of carbonyl (C=O) groups is 1. The Morgan fingerprint density at radius 2 is 2.52 bits per heavy atom. The van der Waals surface area contributed by atoms with Gasteiger partial charge in [0.25, 0.3) is 0 Å². The third-order valence-electron chi connectivity index (χ3n) is 2.77. The first-order chi connectivity index (χ1) is 14.5. The third kappa shape index (κ3) is 3.19. The number of H-pyrrole nitrogens is 1. The first kappa shape index (κ1) is 6.01. The van der Waals surface area contributed by atoms with E-state index in [1.165, 1.54) is 4.90 Å². The van der Waals surface area contributed by atoms with Crippen LogP contribution in [0.2, 0.25) is 2.82 Å². The van der Waals surface area contributed by atoms with E-state index < -0.39 is 61.3 Å². The fourth-order valence-electron chi connectivity index (χ4n) is 1.83. The van der Waals surface area contributed by atoms with Gasteiger partial charge in [-0.25, -0.2) is 4.79 Å². The Hall–Kier alpha value is -2.01. The van der Waals surface area contributed by atoms with E-state index in [4.69, 9.17) is 15.2 Å². The number of nitrogens with zero attached hydrogens (tertiary/aromatic N) is 1. The molecule has 1 saturated heterocycles. The monoisotopic (exact) mass is 298 g/mol. The van der Waals surface area contributed by atoms with E-state index in [0.29, 0.717) is 4.98 Å². The van der Waals surface area contributed by atoms with Gasteiger partial charge in [0.05, 0.1) is 15.6 Å². The van der Waals surface area contributed by atoms with Crippen LogP contribution in [0.4, 0.5) is 4.79 Å². The highest BCUT2D eigenvalue weighted by Gasteiger charge is 2.22. The number of rotatable bonds is 5. The Bertz CT molecular complexity index is 1120. The van der Waals surface area contributed by atoms with Crippen LogP contribution < -0.4 is 5.31 Å². The number of hydrogen-bond acceptors (Lipinski definition) is 3. The molecule has 112 valence electrons. The second-order valence-electron chi connectivity index (χ2n) is 4.80. The smallest absolute Gasteiger partial charge is 0.407 e. The lowest BCUT2D eigenvalue weighted by atomic mass is 10.0. The zero-order chi connectivity index (χ0) is 24.5. The molecule has 1 amide bonds. The fourth-order valence-corrected chi connectivity index (χ4v) is 1.83. The van der Waals surface area contributed by atoms with Crippen molar-refractivity contribution in [1.29, 1.82) is 0 Å².